The van der Waals surface area contributed by atoms with Crippen LogP contribution in [0.5, 0.6) is 0 Å². The van der Waals surface area contributed by atoms with Gasteiger partial charge in [-0.3, -0.25) is 4.79 Å². The van der Waals surface area contributed by atoms with E-state index >= 15 is 0 Å². The summed E-state index contributed by atoms with van der Waals surface area (Å²) in [5.74, 6) is -0.176. The number of amides is 1. The lowest BCUT2D eigenvalue weighted by atomic mass is 10.2. The van der Waals surface area contributed by atoms with E-state index in [1.807, 2.05) is 6.92 Å². The second kappa shape index (κ2) is 6.20. The molecule has 0 aromatic heterocycles. The second-order valence-corrected chi connectivity index (χ2v) is 7.13. The summed E-state index contributed by atoms with van der Waals surface area (Å²) in [6, 6.07) is 0. The van der Waals surface area contributed by atoms with Crippen molar-refractivity contribution in [3.8, 4) is 0 Å². The van der Waals surface area contributed by atoms with Crippen LogP contribution in [0.15, 0.2) is 0 Å². The van der Waals surface area contributed by atoms with E-state index in [9.17, 15) is 13.2 Å². The van der Waals surface area contributed by atoms with Gasteiger partial charge < -0.3 is 10.6 Å². The molecule has 0 rings (SSSR count). The monoisotopic (exact) mass is 250 g/mol. The molecule has 2 N–H and O–H groups in total. The van der Waals surface area contributed by atoms with Gasteiger partial charge in [0.1, 0.15) is 0 Å². The number of sulfone groups is 1. The summed E-state index contributed by atoms with van der Waals surface area (Å²) in [5, 5.41) is 5.56. The molecule has 5 nitrogen and oxygen atoms in total. The molecular formula is C10H22N2O3S. The van der Waals surface area contributed by atoms with Crippen molar-refractivity contribution in [2.24, 2.45) is 0 Å². The highest BCUT2D eigenvalue weighted by atomic mass is 32.2. The van der Waals surface area contributed by atoms with Crippen LogP contribution in [-0.2, 0) is 14.6 Å². The maximum Gasteiger partial charge on any atom is 0.234 e. The summed E-state index contributed by atoms with van der Waals surface area (Å²) in [6.07, 6.45) is 2.14. The van der Waals surface area contributed by atoms with E-state index in [0.717, 1.165) is 13.0 Å². The largest absolute Gasteiger partial charge is 0.353 e. The average Bonchev–Trinajstić information content (AvgIpc) is 2.13. The molecule has 0 saturated carbocycles. The second-order valence-electron chi connectivity index (χ2n) is 4.49. The minimum Gasteiger partial charge on any atom is -0.353 e. The van der Waals surface area contributed by atoms with Gasteiger partial charge in [-0.25, -0.2) is 8.42 Å². The van der Waals surface area contributed by atoms with Gasteiger partial charge in [0, 0.05) is 12.8 Å². The Bertz CT molecular complexity index is 323. The van der Waals surface area contributed by atoms with E-state index in [0.29, 0.717) is 0 Å². The number of hydrogen-bond donors (Lipinski definition) is 2. The van der Waals surface area contributed by atoms with Crippen molar-refractivity contribution in [1.82, 2.24) is 10.6 Å². The summed E-state index contributed by atoms with van der Waals surface area (Å²) >= 11 is 0. The fourth-order valence-electron chi connectivity index (χ4n) is 0.884. The summed E-state index contributed by atoms with van der Waals surface area (Å²) in [6.45, 7) is 6.36. The highest BCUT2D eigenvalue weighted by molar-refractivity contribution is 7.92. The lowest BCUT2D eigenvalue weighted by molar-refractivity contribution is -0.120. The Kier molecular flexibility index (Phi) is 5.96. The maximum absolute atomic E-state index is 11.4. The summed E-state index contributed by atoms with van der Waals surface area (Å²) in [5.41, 5.74) is 0. The highest BCUT2D eigenvalue weighted by Crippen LogP contribution is 2.12. The van der Waals surface area contributed by atoms with Crippen LogP contribution in [0.1, 0.15) is 27.2 Å². The molecule has 96 valence electrons. The Morgan fingerprint density at radius 1 is 1.31 bits per heavy atom. The number of carbonyl (C=O) groups is 1. The van der Waals surface area contributed by atoms with E-state index in [4.69, 9.17) is 0 Å². The number of rotatable bonds is 7. The first-order valence-corrected chi connectivity index (χ1v) is 7.27. The molecule has 0 bridgehead atoms. The van der Waals surface area contributed by atoms with Crippen molar-refractivity contribution in [3.63, 3.8) is 0 Å². The Hall–Kier alpha value is -0.620. The Morgan fingerprint density at radius 3 is 2.31 bits per heavy atom. The number of hydrogen-bond acceptors (Lipinski definition) is 4. The highest BCUT2D eigenvalue weighted by Gasteiger charge is 2.30. The summed E-state index contributed by atoms with van der Waals surface area (Å²) in [4.78, 5) is 11.3. The van der Waals surface area contributed by atoms with Crippen LogP contribution in [0.4, 0.5) is 0 Å². The summed E-state index contributed by atoms with van der Waals surface area (Å²) in [7, 11) is -3.16. The van der Waals surface area contributed by atoms with Crippen molar-refractivity contribution in [3.05, 3.63) is 0 Å². The van der Waals surface area contributed by atoms with Crippen molar-refractivity contribution in [2.45, 2.75) is 31.9 Å². The quantitative estimate of drug-likeness (QED) is 0.620. The lowest BCUT2D eigenvalue weighted by Crippen LogP contribution is -2.46. The molecule has 0 aliphatic rings. The van der Waals surface area contributed by atoms with Gasteiger partial charge in [-0.2, -0.15) is 0 Å². The number of nitrogens with one attached hydrogen (secondary N) is 2. The maximum atomic E-state index is 11.4. The van der Waals surface area contributed by atoms with Crippen LogP contribution in [0.25, 0.3) is 0 Å². The van der Waals surface area contributed by atoms with Crippen LogP contribution < -0.4 is 10.6 Å². The van der Waals surface area contributed by atoms with Gasteiger partial charge in [0.25, 0.3) is 0 Å². The van der Waals surface area contributed by atoms with Crippen molar-refractivity contribution >= 4 is 15.7 Å². The standard InChI is InChI=1S/C10H22N2O3S/c1-5-6-11-7-9(13)12-8-10(2,3)16(4,14)15/h11H,5-8H2,1-4H3,(H,12,13). The van der Waals surface area contributed by atoms with Gasteiger partial charge in [0.05, 0.1) is 11.3 Å². The SMILES string of the molecule is CCCNCC(=O)NCC(C)(C)S(C)(=O)=O. The molecule has 0 aromatic carbocycles. The average molecular weight is 250 g/mol. The Balaban J connectivity index is 4.01. The molecule has 6 heteroatoms. The van der Waals surface area contributed by atoms with E-state index in [2.05, 4.69) is 10.6 Å². The van der Waals surface area contributed by atoms with Gasteiger partial charge >= 0.3 is 0 Å². The predicted octanol–water partition coefficient (Wildman–Crippen LogP) is -0.0746. The molecule has 0 heterocycles. The van der Waals surface area contributed by atoms with Crippen molar-refractivity contribution in [1.29, 1.82) is 0 Å². The van der Waals surface area contributed by atoms with Crippen LogP contribution in [0, 0.1) is 0 Å². The third kappa shape index (κ3) is 5.46. The molecule has 0 unspecified atom stereocenters. The first-order valence-electron chi connectivity index (χ1n) is 5.37. The van der Waals surface area contributed by atoms with E-state index in [-0.39, 0.29) is 19.0 Å². The summed E-state index contributed by atoms with van der Waals surface area (Å²) < 4.78 is 21.8. The van der Waals surface area contributed by atoms with Crippen LogP contribution in [0.2, 0.25) is 0 Å². The molecule has 0 radical (unpaired) electrons. The fraction of sp³-hybridized carbons (Fsp3) is 0.900. The molecule has 0 fully saturated rings. The van der Waals surface area contributed by atoms with Crippen molar-refractivity contribution in [2.75, 3.05) is 25.9 Å². The molecule has 1 amide bonds. The van der Waals surface area contributed by atoms with Crippen molar-refractivity contribution < 1.29 is 13.2 Å². The zero-order valence-electron chi connectivity index (χ0n) is 10.5. The molecule has 0 aliphatic heterocycles. The smallest absolute Gasteiger partial charge is 0.234 e. The fourth-order valence-corrected chi connectivity index (χ4v) is 1.22. The minimum atomic E-state index is -3.16. The van der Waals surface area contributed by atoms with E-state index in [1.165, 1.54) is 6.26 Å². The Morgan fingerprint density at radius 2 is 1.88 bits per heavy atom. The first kappa shape index (κ1) is 15.4. The molecule has 0 aromatic rings. The van der Waals surface area contributed by atoms with E-state index < -0.39 is 14.6 Å². The van der Waals surface area contributed by atoms with Gasteiger partial charge in [0.2, 0.25) is 5.91 Å². The number of carbonyl (C=O) groups excluding carboxylic acids is 1. The molecule has 0 spiro atoms. The molecule has 0 atom stereocenters. The molecule has 0 saturated heterocycles. The van der Waals surface area contributed by atoms with Crippen LogP contribution >= 0.6 is 0 Å². The third-order valence-corrected chi connectivity index (χ3v) is 4.58. The topological polar surface area (TPSA) is 75.3 Å². The molecule has 0 aliphatic carbocycles. The van der Waals surface area contributed by atoms with E-state index in [1.54, 1.807) is 13.8 Å². The lowest BCUT2D eigenvalue weighted by Gasteiger charge is -2.22. The van der Waals surface area contributed by atoms with Gasteiger partial charge in [-0.05, 0) is 26.8 Å². The normalized spacial score (nSPS) is 12.5. The first-order chi connectivity index (χ1) is 7.20. The zero-order valence-corrected chi connectivity index (χ0v) is 11.3. The van der Waals surface area contributed by atoms with Gasteiger partial charge in [0.15, 0.2) is 9.84 Å². The van der Waals surface area contributed by atoms with Crippen LogP contribution in [-0.4, -0.2) is 45.0 Å². The Labute approximate surface area is 97.9 Å². The third-order valence-electron chi connectivity index (χ3n) is 2.43. The molecule has 16 heavy (non-hydrogen) atoms. The van der Waals surface area contributed by atoms with Gasteiger partial charge in [-0.1, -0.05) is 6.92 Å². The van der Waals surface area contributed by atoms with Crippen LogP contribution in [0.3, 0.4) is 0 Å². The minimum absolute atomic E-state index is 0.137. The van der Waals surface area contributed by atoms with Gasteiger partial charge in [-0.15, -0.1) is 0 Å². The molecular weight excluding hydrogens is 228 g/mol. The predicted molar refractivity (Wildman–Crippen MR) is 65.1 cm³/mol. The zero-order chi connectivity index (χ0) is 12.8.